The Kier molecular flexibility index (Phi) is 11.2. The molecule has 0 spiro atoms. The van der Waals surface area contributed by atoms with E-state index in [0.717, 1.165) is 0 Å². The number of hydrogen-bond acceptors (Lipinski definition) is 13. The molecule has 7 atom stereocenters. The van der Waals surface area contributed by atoms with Crippen molar-refractivity contribution in [2.24, 2.45) is 0 Å². The number of hydrogen-bond donors (Lipinski definition) is 8. The average molecular weight is 707 g/mol. The molecule has 2 aliphatic rings. The van der Waals surface area contributed by atoms with Crippen molar-refractivity contribution in [3.05, 3.63) is 11.8 Å². The molecule has 0 radical (unpaired) electrons. The van der Waals surface area contributed by atoms with Crippen molar-refractivity contribution in [1.29, 1.82) is 0 Å². The molecule has 2 heterocycles. The fourth-order valence-corrected chi connectivity index (χ4v) is 6.08. The fourth-order valence-electron chi connectivity index (χ4n) is 3.05. The molecule has 2 aliphatic heterocycles. The molecule has 43 heavy (non-hydrogen) atoms. The Morgan fingerprint density at radius 1 is 0.977 bits per heavy atom. The van der Waals surface area contributed by atoms with E-state index in [1.807, 2.05) is 0 Å². The van der Waals surface area contributed by atoms with Crippen molar-refractivity contribution >= 4 is 41.4 Å². The number of aliphatic hydroxyl groups excluding tert-OH is 2. The first-order chi connectivity index (χ1) is 19.2. The number of phosphoric acid groups is 3. The predicted octanol–water partition coefficient (Wildman–Crippen LogP) is -1.20. The second-order valence-corrected chi connectivity index (χ2v) is 12.4. The van der Waals surface area contributed by atoms with Crippen LogP contribution >= 0.6 is 23.5 Å². The zero-order valence-corrected chi connectivity index (χ0v) is 22.8. The van der Waals surface area contributed by atoms with E-state index in [1.165, 1.54) is 5.32 Å². The quantitative estimate of drug-likeness (QED) is 0.0710. The number of esters is 1. The van der Waals surface area contributed by atoms with E-state index < -0.39 is 103 Å². The van der Waals surface area contributed by atoms with E-state index in [4.69, 9.17) is 19.4 Å². The average Bonchev–Trinajstić information content (AvgIpc) is 3.07. The minimum absolute atomic E-state index is 0.200. The number of ether oxygens (including phenoxy) is 2. The first-order valence-corrected chi connectivity index (χ1v) is 15.0. The minimum Gasteiger partial charge on any atom is -0.454 e. The monoisotopic (exact) mass is 707 g/mol. The zero-order valence-electron chi connectivity index (χ0n) is 20.1. The van der Waals surface area contributed by atoms with Crippen LogP contribution in [0, 0.1) is 0 Å². The molecule has 29 heteroatoms. The van der Waals surface area contributed by atoms with Crippen LogP contribution in [0.25, 0.3) is 0 Å². The summed E-state index contributed by atoms with van der Waals surface area (Å²) >= 11 is 0. The molecular formula is C14H18F6N3O17P3. The zero-order chi connectivity index (χ0) is 33.3. The number of aliphatic hydroxyl groups is 2. The van der Waals surface area contributed by atoms with Crippen molar-refractivity contribution in [2.45, 2.75) is 43.1 Å². The van der Waals surface area contributed by atoms with Gasteiger partial charge in [-0.25, -0.2) is 23.3 Å². The van der Waals surface area contributed by atoms with Gasteiger partial charge in [-0.15, -0.1) is 0 Å². The van der Waals surface area contributed by atoms with Gasteiger partial charge in [0.15, 0.2) is 6.23 Å². The van der Waals surface area contributed by atoms with Crippen LogP contribution in [-0.2, 0) is 45.9 Å². The van der Waals surface area contributed by atoms with Crippen molar-refractivity contribution in [1.82, 2.24) is 15.5 Å². The Morgan fingerprint density at radius 3 is 2.07 bits per heavy atom. The number of amides is 3. The lowest BCUT2D eigenvalue weighted by atomic mass is 10.1. The molecule has 0 bridgehead atoms. The third kappa shape index (κ3) is 10.7. The highest BCUT2D eigenvalue weighted by Crippen LogP contribution is 2.66. The summed E-state index contributed by atoms with van der Waals surface area (Å²) < 4.78 is 130. The van der Waals surface area contributed by atoms with E-state index in [2.05, 4.69) is 17.9 Å². The molecule has 8 N–H and O–H groups in total. The van der Waals surface area contributed by atoms with Crippen LogP contribution < -0.4 is 10.6 Å². The SMILES string of the molecule is O=C1NC(NC(=O)C(F)(F)F)C(COC(=O)C(F)(F)F)=CN1C1OC(COP(=O)(O)OP(=O)(O)OP(=O)(O)O)C(O)C1O. The molecule has 1 fully saturated rings. The number of nitrogens with zero attached hydrogens (tertiary/aromatic N) is 1. The largest absolute Gasteiger partial charge is 0.490 e. The molecule has 0 aromatic carbocycles. The lowest BCUT2D eigenvalue weighted by Gasteiger charge is -2.36. The van der Waals surface area contributed by atoms with Crippen LogP contribution in [0.5, 0.6) is 0 Å². The number of urea groups is 1. The van der Waals surface area contributed by atoms with Crippen LogP contribution in [0.3, 0.4) is 0 Å². The van der Waals surface area contributed by atoms with Crippen molar-refractivity contribution in [3.8, 4) is 0 Å². The van der Waals surface area contributed by atoms with Gasteiger partial charge in [0.25, 0.3) is 0 Å². The van der Waals surface area contributed by atoms with Gasteiger partial charge in [-0.2, -0.15) is 35.0 Å². The van der Waals surface area contributed by atoms with E-state index in [-0.39, 0.29) is 4.90 Å². The van der Waals surface area contributed by atoms with Gasteiger partial charge in [0, 0.05) is 11.8 Å². The third-order valence-electron chi connectivity index (χ3n) is 4.74. The van der Waals surface area contributed by atoms with Crippen molar-refractivity contribution in [2.75, 3.05) is 13.2 Å². The molecule has 0 saturated carbocycles. The number of carbonyl (C=O) groups excluding carboxylic acids is 3. The van der Waals surface area contributed by atoms with Gasteiger partial charge in [-0.05, 0) is 0 Å². The Hall–Kier alpha value is -2.18. The highest BCUT2D eigenvalue weighted by Gasteiger charge is 2.50. The van der Waals surface area contributed by atoms with E-state index in [1.54, 1.807) is 5.32 Å². The maximum Gasteiger partial charge on any atom is 0.490 e. The van der Waals surface area contributed by atoms with Crippen molar-refractivity contribution < 1.29 is 107 Å². The summed E-state index contributed by atoms with van der Waals surface area (Å²) in [7, 11) is -17.5. The van der Waals surface area contributed by atoms with Gasteiger partial charge in [0.1, 0.15) is 31.1 Å². The van der Waals surface area contributed by atoms with Crippen LogP contribution in [-0.4, -0.2) is 109 Å². The molecule has 248 valence electrons. The van der Waals surface area contributed by atoms with Gasteiger partial charge in [0.05, 0.1) is 6.61 Å². The van der Waals surface area contributed by atoms with Crippen LogP contribution in [0.4, 0.5) is 31.1 Å². The summed E-state index contributed by atoms with van der Waals surface area (Å²) in [6, 6.07) is -1.54. The summed E-state index contributed by atoms with van der Waals surface area (Å²) in [5.74, 6) is -5.53. The third-order valence-corrected chi connectivity index (χ3v) is 8.54. The van der Waals surface area contributed by atoms with E-state index in [0.29, 0.717) is 6.20 Å². The molecule has 20 nitrogen and oxygen atoms in total. The summed E-state index contributed by atoms with van der Waals surface area (Å²) in [5.41, 5.74) is -0.878. The predicted molar refractivity (Wildman–Crippen MR) is 114 cm³/mol. The molecule has 7 unspecified atom stereocenters. The number of nitrogens with one attached hydrogen (secondary N) is 2. The summed E-state index contributed by atoms with van der Waals surface area (Å²) in [6.45, 7) is -2.88. The highest BCUT2D eigenvalue weighted by atomic mass is 31.3. The highest BCUT2D eigenvalue weighted by molar-refractivity contribution is 7.66. The summed E-state index contributed by atoms with van der Waals surface area (Å²) in [6.07, 6.45) is -21.5. The lowest BCUT2D eigenvalue weighted by molar-refractivity contribution is -0.198. The maximum absolute atomic E-state index is 12.7. The standard InChI is InChI=1S/C14H18F6N3O17P3/c15-13(16,17)10(26)21-8-4(2-36-11(27)14(18,19)20)1-23(12(28)22-8)9-7(25)6(24)5(38-9)3-37-42(32,33)40-43(34,35)39-41(29,30)31/h1,5-9,24-25H,2-3H2,(H,21,26)(H,22,28)(H,32,33)(H,34,35)(H2,29,30,31). The minimum atomic E-state index is -5.95. The molecule has 3 amide bonds. The van der Waals surface area contributed by atoms with Gasteiger partial charge in [0.2, 0.25) is 0 Å². The fraction of sp³-hybridized carbons (Fsp3) is 0.643. The molecular weight excluding hydrogens is 689 g/mol. The molecule has 0 aromatic rings. The Balaban J connectivity index is 2.24. The normalized spacial score (nSPS) is 27.9. The number of phosphoric ester groups is 1. The summed E-state index contributed by atoms with van der Waals surface area (Å²) in [4.78, 5) is 70.7. The van der Waals surface area contributed by atoms with Gasteiger partial charge in [-0.3, -0.25) is 14.2 Å². The second kappa shape index (κ2) is 13.0. The van der Waals surface area contributed by atoms with E-state index in [9.17, 15) is 69.5 Å². The topological polar surface area (TPSA) is 297 Å². The molecule has 1 saturated heterocycles. The smallest absolute Gasteiger partial charge is 0.454 e. The van der Waals surface area contributed by atoms with Crippen LogP contribution in [0.15, 0.2) is 11.8 Å². The van der Waals surface area contributed by atoms with Gasteiger partial charge in [-0.1, -0.05) is 0 Å². The molecule has 0 aliphatic carbocycles. The van der Waals surface area contributed by atoms with Crippen LogP contribution in [0.2, 0.25) is 0 Å². The Bertz CT molecular complexity index is 1270. The second-order valence-electron chi connectivity index (χ2n) is 7.97. The van der Waals surface area contributed by atoms with Crippen LogP contribution in [0.1, 0.15) is 0 Å². The number of rotatable bonds is 11. The van der Waals surface area contributed by atoms with Gasteiger partial charge >= 0.3 is 53.7 Å². The van der Waals surface area contributed by atoms with Gasteiger partial charge < -0.3 is 49.9 Å². The van der Waals surface area contributed by atoms with E-state index >= 15 is 0 Å². The number of alkyl halides is 6. The summed E-state index contributed by atoms with van der Waals surface area (Å²) in [5, 5.41) is 23.3. The molecule has 2 rings (SSSR count). The maximum atomic E-state index is 12.7. The Morgan fingerprint density at radius 2 is 1.56 bits per heavy atom. The molecule has 0 aromatic heterocycles. The Labute approximate surface area is 232 Å². The number of halogens is 6. The van der Waals surface area contributed by atoms with Crippen molar-refractivity contribution in [3.63, 3.8) is 0 Å². The number of carbonyl (C=O) groups is 3. The first-order valence-electron chi connectivity index (χ1n) is 10.4. The first kappa shape index (κ1) is 37.0. The lowest BCUT2D eigenvalue weighted by Crippen LogP contribution is -2.61.